The molecule has 0 aliphatic carbocycles. The molecule has 0 saturated heterocycles. The average Bonchev–Trinajstić information content (AvgIpc) is 2.77. The Kier molecular flexibility index (Phi) is 5.85. The van der Waals surface area contributed by atoms with Crippen molar-refractivity contribution in [1.29, 1.82) is 0 Å². The number of aromatic nitrogens is 2. The lowest BCUT2D eigenvalue weighted by Crippen LogP contribution is -2.32. The number of nitrogens with two attached hydrogens (primary N) is 1. The zero-order valence-electron chi connectivity index (χ0n) is 11.6. The van der Waals surface area contributed by atoms with Crippen LogP contribution in [-0.4, -0.2) is 40.7 Å². The smallest absolute Gasteiger partial charge is 0.244 e. The lowest BCUT2D eigenvalue weighted by atomic mass is 10.2. The summed E-state index contributed by atoms with van der Waals surface area (Å²) in [5.41, 5.74) is 7.60. The van der Waals surface area contributed by atoms with Crippen molar-refractivity contribution in [1.82, 2.24) is 14.7 Å². The van der Waals surface area contributed by atoms with Crippen LogP contribution in [-0.2, 0) is 24.2 Å². The van der Waals surface area contributed by atoms with Gasteiger partial charge in [0, 0.05) is 19.3 Å². The lowest BCUT2D eigenvalue weighted by Gasteiger charge is -2.17. The van der Waals surface area contributed by atoms with Gasteiger partial charge in [-0.2, -0.15) is 5.10 Å². The van der Waals surface area contributed by atoms with Gasteiger partial charge in [0.15, 0.2) is 0 Å². The summed E-state index contributed by atoms with van der Waals surface area (Å²) >= 11 is 0. The molecule has 0 atom stereocenters. The molecule has 1 amide bonds. The van der Waals surface area contributed by atoms with Crippen LogP contribution in [0.5, 0.6) is 0 Å². The lowest BCUT2D eigenvalue weighted by molar-refractivity contribution is -0.130. The molecular weight excluding hydrogens is 228 g/mol. The molecule has 5 heteroatoms. The van der Waals surface area contributed by atoms with Crippen LogP contribution in [0.25, 0.3) is 0 Å². The first-order chi connectivity index (χ1) is 8.62. The minimum absolute atomic E-state index is 0.0869. The number of nitrogens with zero attached hydrogens (tertiary/aromatic N) is 3. The van der Waals surface area contributed by atoms with Crippen LogP contribution in [0.4, 0.5) is 0 Å². The van der Waals surface area contributed by atoms with Gasteiger partial charge in [0.2, 0.25) is 5.91 Å². The second-order valence-corrected chi connectivity index (χ2v) is 4.45. The van der Waals surface area contributed by atoms with Crippen molar-refractivity contribution in [2.45, 2.75) is 39.7 Å². The van der Waals surface area contributed by atoms with Crippen LogP contribution in [0.2, 0.25) is 0 Å². The first-order valence-corrected chi connectivity index (χ1v) is 6.62. The molecule has 1 aromatic heterocycles. The molecule has 102 valence electrons. The first-order valence-electron chi connectivity index (χ1n) is 6.62. The van der Waals surface area contributed by atoms with Crippen molar-refractivity contribution in [3.63, 3.8) is 0 Å². The van der Waals surface area contributed by atoms with Crippen molar-refractivity contribution in [3.8, 4) is 0 Å². The van der Waals surface area contributed by atoms with Crippen LogP contribution in [0.15, 0.2) is 6.07 Å². The van der Waals surface area contributed by atoms with Crippen molar-refractivity contribution >= 4 is 5.91 Å². The third-order valence-electron chi connectivity index (χ3n) is 3.05. The van der Waals surface area contributed by atoms with Gasteiger partial charge in [0.25, 0.3) is 0 Å². The van der Waals surface area contributed by atoms with Crippen LogP contribution in [0.1, 0.15) is 31.7 Å². The summed E-state index contributed by atoms with van der Waals surface area (Å²) in [6.07, 6.45) is 2.63. The Morgan fingerprint density at radius 1 is 1.44 bits per heavy atom. The van der Waals surface area contributed by atoms with Crippen LogP contribution in [0.3, 0.4) is 0 Å². The number of carbonyl (C=O) groups excluding carboxylic acids is 1. The van der Waals surface area contributed by atoms with E-state index < -0.39 is 0 Å². The molecule has 1 rings (SSSR count). The van der Waals surface area contributed by atoms with Crippen molar-refractivity contribution in [2.75, 3.05) is 20.1 Å². The number of rotatable bonds is 7. The van der Waals surface area contributed by atoms with Crippen molar-refractivity contribution < 1.29 is 4.79 Å². The summed E-state index contributed by atoms with van der Waals surface area (Å²) in [6.45, 7) is 5.79. The van der Waals surface area contributed by atoms with Gasteiger partial charge in [-0.25, -0.2) is 0 Å². The van der Waals surface area contributed by atoms with E-state index in [-0.39, 0.29) is 5.91 Å². The van der Waals surface area contributed by atoms with E-state index in [1.54, 1.807) is 4.90 Å². The molecule has 0 aromatic carbocycles. The van der Waals surface area contributed by atoms with Crippen molar-refractivity contribution in [3.05, 3.63) is 17.5 Å². The molecule has 2 N–H and O–H groups in total. The van der Waals surface area contributed by atoms with Crippen LogP contribution in [0, 0.1) is 0 Å². The molecule has 18 heavy (non-hydrogen) atoms. The van der Waals surface area contributed by atoms with Crippen LogP contribution < -0.4 is 5.73 Å². The third-order valence-corrected chi connectivity index (χ3v) is 3.05. The summed E-state index contributed by atoms with van der Waals surface area (Å²) in [4.78, 5) is 13.7. The molecule has 5 nitrogen and oxygen atoms in total. The fourth-order valence-corrected chi connectivity index (χ4v) is 1.81. The van der Waals surface area contributed by atoms with Gasteiger partial charge in [-0.1, -0.05) is 13.8 Å². The molecule has 0 saturated carbocycles. The minimum atomic E-state index is 0.0869. The van der Waals surface area contributed by atoms with Gasteiger partial charge >= 0.3 is 0 Å². The monoisotopic (exact) mass is 252 g/mol. The molecule has 0 radical (unpaired) electrons. The quantitative estimate of drug-likeness (QED) is 0.781. The zero-order valence-corrected chi connectivity index (χ0v) is 11.6. The topological polar surface area (TPSA) is 64.2 Å². The summed E-state index contributed by atoms with van der Waals surface area (Å²) in [5, 5.41) is 4.45. The molecule has 0 unspecified atom stereocenters. The summed E-state index contributed by atoms with van der Waals surface area (Å²) in [7, 11) is 1.81. The van der Waals surface area contributed by atoms with Gasteiger partial charge < -0.3 is 10.6 Å². The maximum Gasteiger partial charge on any atom is 0.244 e. The van der Waals surface area contributed by atoms with E-state index in [2.05, 4.69) is 25.0 Å². The maximum absolute atomic E-state index is 12.0. The van der Waals surface area contributed by atoms with Gasteiger partial charge in [0.05, 0.1) is 5.69 Å². The third kappa shape index (κ3) is 3.84. The van der Waals surface area contributed by atoms with Gasteiger partial charge in [-0.3, -0.25) is 9.48 Å². The maximum atomic E-state index is 12.0. The standard InChI is InChI=1S/C13H24N4O/c1-4-11-9-12(5-2)17(15-11)10-13(18)16(3)8-6-7-14/h9H,4-8,10,14H2,1-3H3. The highest BCUT2D eigenvalue weighted by Crippen LogP contribution is 2.07. The van der Waals surface area contributed by atoms with E-state index in [0.29, 0.717) is 19.6 Å². The Balaban J connectivity index is 2.65. The van der Waals surface area contributed by atoms with Crippen LogP contribution >= 0.6 is 0 Å². The fourth-order valence-electron chi connectivity index (χ4n) is 1.81. The number of amides is 1. The second-order valence-electron chi connectivity index (χ2n) is 4.45. The molecule has 0 aliphatic heterocycles. The molecule has 0 bridgehead atoms. The van der Waals surface area contributed by atoms with E-state index in [9.17, 15) is 4.79 Å². The van der Waals surface area contributed by atoms with E-state index in [1.807, 2.05) is 11.7 Å². The molecular formula is C13H24N4O. The molecule has 0 spiro atoms. The Labute approximate surface area is 109 Å². The predicted molar refractivity (Wildman–Crippen MR) is 72.3 cm³/mol. The SMILES string of the molecule is CCc1cc(CC)n(CC(=O)N(C)CCCN)n1. The van der Waals surface area contributed by atoms with E-state index in [1.165, 1.54) is 0 Å². The highest BCUT2D eigenvalue weighted by molar-refractivity contribution is 5.75. The predicted octanol–water partition coefficient (Wildman–Crippen LogP) is 0.815. The normalized spacial score (nSPS) is 10.7. The highest BCUT2D eigenvalue weighted by atomic mass is 16.2. The minimum Gasteiger partial charge on any atom is -0.344 e. The van der Waals surface area contributed by atoms with E-state index >= 15 is 0 Å². The summed E-state index contributed by atoms with van der Waals surface area (Å²) in [5.74, 6) is 0.0869. The Hall–Kier alpha value is -1.36. The molecule has 0 fully saturated rings. The van der Waals surface area contributed by atoms with Gasteiger partial charge in [0.1, 0.15) is 6.54 Å². The largest absolute Gasteiger partial charge is 0.344 e. The van der Waals surface area contributed by atoms with E-state index in [0.717, 1.165) is 30.7 Å². The average molecular weight is 252 g/mol. The fraction of sp³-hybridized carbons (Fsp3) is 0.692. The van der Waals surface area contributed by atoms with Crippen molar-refractivity contribution in [2.24, 2.45) is 5.73 Å². The number of hydrogen-bond acceptors (Lipinski definition) is 3. The van der Waals surface area contributed by atoms with Gasteiger partial charge in [-0.15, -0.1) is 0 Å². The molecule has 0 aliphatic rings. The van der Waals surface area contributed by atoms with E-state index in [4.69, 9.17) is 5.73 Å². The Morgan fingerprint density at radius 2 is 2.17 bits per heavy atom. The Morgan fingerprint density at radius 3 is 2.72 bits per heavy atom. The number of likely N-dealkylation sites (N-methyl/N-ethyl adjacent to an activating group) is 1. The Bertz CT molecular complexity index is 386. The number of aryl methyl sites for hydroxylation is 2. The second kappa shape index (κ2) is 7.16. The summed E-state index contributed by atoms with van der Waals surface area (Å²) < 4.78 is 1.82. The number of carbonyl (C=O) groups is 1. The summed E-state index contributed by atoms with van der Waals surface area (Å²) in [6, 6.07) is 2.08. The highest BCUT2D eigenvalue weighted by Gasteiger charge is 2.12. The zero-order chi connectivity index (χ0) is 13.5. The molecule has 1 aromatic rings. The first kappa shape index (κ1) is 14.7. The molecule has 1 heterocycles. The van der Waals surface area contributed by atoms with Gasteiger partial charge in [-0.05, 0) is 31.9 Å². The number of hydrogen-bond donors (Lipinski definition) is 1.